The van der Waals surface area contributed by atoms with Crippen molar-refractivity contribution >= 4 is 11.3 Å². The minimum atomic E-state index is 0.592. The van der Waals surface area contributed by atoms with E-state index in [0.717, 1.165) is 6.42 Å². The minimum absolute atomic E-state index is 0.592. The summed E-state index contributed by atoms with van der Waals surface area (Å²) in [5, 5.41) is 1.18. The fourth-order valence-electron chi connectivity index (χ4n) is 1.23. The van der Waals surface area contributed by atoms with Crippen LogP contribution in [-0.2, 0) is 6.42 Å². The molecule has 2 N–H and O–H groups in total. The molecule has 0 saturated heterocycles. The lowest BCUT2D eigenvalue weighted by molar-refractivity contribution is 0.870. The van der Waals surface area contributed by atoms with Crippen LogP contribution in [0.25, 0.3) is 0 Å². The van der Waals surface area contributed by atoms with Gasteiger partial charge in [0.15, 0.2) is 0 Å². The van der Waals surface area contributed by atoms with Gasteiger partial charge in [0.2, 0.25) is 0 Å². The molecule has 0 aliphatic carbocycles. The Morgan fingerprint density at radius 2 is 2.17 bits per heavy atom. The monoisotopic (exact) mass is 184 g/mol. The largest absolute Gasteiger partial charge is 0.330 e. The molecule has 3 heteroatoms. The number of aromatic nitrogens is 1. The van der Waals surface area contributed by atoms with Gasteiger partial charge in [0.25, 0.3) is 0 Å². The molecule has 1 heterocycles. The third kappa shape index (κ3) is 2.05. The lowest BCUT2D eigenvalue weighted by Crippen LogP contribution is -2.01. The third-order valence-corrected chi connectivity index (χ3v) is 3.28. The molecule has 1 aromatic heterocycles. The molecule has 0 saturated carbocycles. The zero-order valence-electron chi connectivity index (χ0n) is 7.92. The summed E-state index contributed by atoms with van der Waals surface area (Å²) in [7, 11) is 0. The molecule has 0 fully saturated rings. The van der Waals surface area contributed by atoms with Crippen LogP contribution in [0.15, 0.2) is 0 Å². The molecule has 68 valence electrons. The van der Waals surface area contributed by atoms with Gasteiger partial charge in [-0.25, -0.2) is 4.98 Å². The van der Waals surface area contributed by atoms with Gasteiger partial charge >= 0.3 is 0 Å². The number of thiazole rings is 1. The summed E-state index contributed by atoms with van der Waals surface area (Å²) in [6.07, 6.45) is 0.915. The summed E-state index contributed by atoms with van der Waals surface area (Å²) in [4.78, 5) is 5.86. The molecule has 0 amide bonds. The first-order valence-corrected chi connectivity index (χ1v) is 5.13. The Morgan fingerprint density at radius 3 is 2.58 bits per heavy atom. The minimum Gasteiger partial charge on any atom is -0.330 e. The second kappa shape index (κ2) is 4.01. The first kappa shape index (κ1) is 9.68. The zero-order valence-corrected chi connectivity index (χ0v) is 8.74. The summed E-state index contributed by atoms with van der Waals surface area (Å²) < 4.78 is 0. The fourth-order valence-corrected chi connectivity index (χ4v) is 2.32. The summed E-state index contributed by atoms with van der Waals surface area (Å²) in [5.74, 6) is 0.592. The zero-order chi connectivity index (χ0) is 9.14. The van der Waals surface area contributed by atoms with Crippen LogP contribution in [0.1, 0.15) is 35.3 Å². The van der Waals surface area contributed by atoms with Crippen molar-refractivity contribution in [2.75, 3.05) is 6.54 Å². The molecule has 0 radical (unpaired) electrons. The van der Waals surface area contributed by atoms with Crippen LogP contribution in [0.5, 0.6) is 0 Å². The molecule has 0 atom stereocenters. The van der Waals surface area contributed by atoms with Crippen LogP contribution in [-0.4, -0.2) is 11.5 Å². The SMILES string of the molecule is Cc1nc(CCN)sc1C(C)C. The Labute approximate surface area is 77.8 Å². The number of rotatable bonds is 3. The molecule has 1 aromatic rings. The first-order valence-electron chi connectivity index (χ1n) is 4.31. The summed E-state index contributed by atoms with van der Waals surface area (Å²) >= 11 is 1.80. The highest BCUT2D eigenvalue weighted by molar-refractivity contribution is 7.11. The van der Waals surface area contributed by atoms with Crippen molar-refractivity contribution in [2.24, 2.45) is 5.73 Å². The van der Waals surface area contributed by atoms with E-state index in [4.69, 9.17) is 5.73 Å². The molecule has 0 aliphatic rings. The summed E-state index contributed by atoms with van der Waals surface area (Å²) in [6, 6.07) is 0. The van der Waals surface area contributed by atoms with Gasteiger partial charge in [-0.15, -0.1) is 11.3 Å². The predicted molar refractivity (Wildman–Crippen MR) is 53.7 cm³/mol. The van der Waals surface area contributed by atoms with E-state index in [1.54, 1.807) is 11.3 Å². The number of hydrogen-bond donors (Lipinski definition) is 1. The van der Waals surface area contributed by atoms with Crippen LogP contribution < -0.4 is 5.73 Å². The van der Waals surface area contributed by atoms with Gasteiger partial charge in [-0.05, 0) is 19.4 Å². The maximum atomic E-state index is 5.46. The lowest BCUT2D eigenvalue weighted by atomic mass is 10.1. The van der Waals surface area contributed by atoms with E-state index in [-0.39, 0.29) is 0 Å². The second-order valence-corrected chi connectivity index (χ2v) is 4.37. The molecule has 1 rings (SSSR count). The van der Waals surface area contributed by atoms with Crippen LogP contribution in [0.4, 0.5) is 0 Å². The van der Waals surface area contributed by atoms with Crippen molar-refractivity contribution in [1.82, 2.24) is 4.98 Å². The van der Waals surface area contributed by atoms with E-state index in [9.17, 15) is 0 Å². The summed E-state index contributed by atoms with van der Waals surface area (Å²) in [5.41, 5.74) is 6.64. The van der Waals surface area contributed by atoms with Crippen molar-refractivity contribution in [3.05, 3.63) is 15.6 Å². The maximum absolute atomic E-state index is 5.46. The molecule has 12 heavy (non-hydrogen) atoms. The van der Waals surface area contributed by atoms with Gasteiger partial charge in [0.1, 0.15) is 0 Å². The van der Waals surface area contributed by atoms with E-state index in [1.165, 1.54) is 15.6 Å². The van der Waals surface area contributed by atoms with Crippen LogP contribution in [0.3, 0.4) is 0 Å². The molecule has 0 unspecified atom stereocenters. The van der Waals surface area contributed by atoms with Crippen LogP contribution in [0.2, 0.25) is 0 Å². The van der Waals surface area contributed by atoms with Crippen LogP contribution >= 0.6 is 11.3 Å². The van der Waals surface area contributed by atoms with E-state index in [1.807, 2.05) is 0 Å². The number of nitrogens with zero attached hydrogens (tertiary/aromatic N) is 1. The van der Waals surface area contributed by atoms with E-state index < -0.39 is 0 Å². The van der Waals surface area contributed by atoms with Crippen molar-refractivity contribution in [3.8, 4) is 0 Å². The molecule has 0 aromatic carbocycles. The smallest absolute Gasteiger partial charge is 0.0943 e. The van der Waals surface area contributed by atoms with Crippen molar-refractivity contribution in [1.29, 1.82) is 0 Å². The van der Waals surface area contributed by atoms with Gasteiger partial charge in [-0.3, -0.25) is 0 Å². The second-order valence-electron chi connectivity index (χ2n) is 3.25. The molecular weight excluding hydrogens is 168 g/mol. The first-order chi connectivity index (χ1) is 5.65. The van der Waals surface area contributed by atoms with Crippen molar-refractivity contribution < 1.29 is 0 Å². The average Bonchev–Trinajstić information content (AvgIpc) is 2.32. The van der Waals surface area contributed by atoms with Gasteiger partial charge in [0.05, 0.1) is 10.7 Å². The summed E-state index contributed by atoms with van der Waals surface area (Å²) in [6.45, 7) is 7.18. The highest BCUT2D eigenvalue weighted by Crippen LogP contribution is 2.25. The Hall–Kier alpha value is -0.410. The van der Waals surface area contributed by atoms with Crippen molar-refractivity contribution in [3.63, 3.8) is 0 Å². The molecule has 2 nitrogen and oxygen atoms in total. The van der Waals surface area contributed by atoms with Gasteiger partial charge in [0, 0.05) is 11.3 Å². The van der Waals surface area contributed by atoms with E-state index in [0.29, 0.717) is 12.5 Å². The Balaban J connectivity index is 2.85. The normalized spacial score (nSPS) is 11.1. The van der Waals surface area contributed by atoms with E-state index >= 15 is 0 Å². The molecule has 0 spiro atoms. The molecule has 0 aliphatic heterocycles. The highest BCUT2D eigenvalue weighted by atomic mass is 32.1. The topological polar surface area (TPSA) is 38.9 Å². The lowest BCUT2D eigenvalue weighted by Gasteiger charge is -1.99. The van der Waals surface area contributed by atoms with Crippen LogP contribution in [0, 0.1) is 6.92 Å². The number of aryl methyl sites for hydroxylation is 1. The number of nitrogens with two attached hydrogens (primary N) is 1. The maximum Gasteiger partial charge on any atom is 0.0943 e. The Bertz CT molecular complexity index is 253. The van der Waals surface area contributed by atoms with Crippen molar-refractivity contribution in [2.45, 2.75) is 33.1 Å². The highest BCUT2D eigenvalue weighted by Gasteiger charge is 2.09. The average molecular weight is 184 g/mol. The standard InChI is InChI=1S/C9H16N2S/c1-6(2)9-7(3)11-8(12-9)4-5-10/h6H,4-5,10H2,1-3H3. The van der Waals surface area contributed by atoms with Gasteiger partial charge < -0.3 is 5.73 Å². The molecule has 0 bridgehead atoms. The quantitative estimate of drug-likeness (QED) is 0.781. The van der Waals surface area contributed by atoms with Gasteiger partial charge in [-0.1, -0.05) is 13.8 Å². The molecular formula is C9H16N2S. The fraction of sp³-hybridized carbons (Fsp3) is 0.667. The Morgan fingerprint density at radius 1 is 1.50 bits per heavy atom. The third-order valence-electron chi connectivity index (χ3n) is 1.76. The Kier molecular flexibility index (Phi) is 3.23. The predicted octanol–water partition coefficient (Wildman–Crippen LogP) is 2.08. The number of hydrogen-bond acceptors (Lipinski definition) is 3. The van der Waals surface area contributed by atoms with Gasteiger partial charge in [-0.2, -0.15) is 0 Å². The van der Waals surface area contributed by atoms with E-state index in [2.05, 4.69) is 25.8 Å².